The molecular weight excluding hydrogens is 334 g/mol. The van der Waals surface area contributed by atoms with Gasteiger partial charge in [0.25, 0.3) is 5.91 Å². The van der Waals surface area contributed by atoms with E-state index in [4.69, 9.17) is 0 Å². The number of hydrogen-bond acceptors (Lipinski definition) is 2. The predicted octanol–water partition coefficient (Wildman–Crippen LogP) is 5.13. The topological polar surface area (TPSA) is 42.0 Å². The van der Waals surface area contributed by atoms with Crippen molar-refractivity contribution in [2.75, 3.05) is 5.32 Å². The van der Waals surface area contributed by atoms with Crippen LogP contribution in [0.2, 0.25) is 0 Å². The van der Waals surface area contributed by atoms with Gasteiger partial charge in [-0.25, -0.2) is 4.39 Å². The maximum absolute atomic E-state index is 13.3. The van der Waals surface area contributed by atoms with Crippen LogP contribution in [0.5, 0.6) is 0 Å². The molecule has 22 heavy (non-hydrogen) atoms. The number of nitrogens with zero attached hydrogens (tertiary/aromatic N) is 1. The maximum atomic E-state index is 13.3. The minimum Gasteiger partial charge on any atom is -0.322 e. The summed E-state index contributed by atoms with van der Waals surface area (Å²) in [7, 11) is -9.76. The van der Waals surface area contributed by atoms with Gasteiger partial charge in [-0.3, -0.25) is 9.78 Å². The highest BCUT2D eigenvalue weighted by Gasteiger charge is 2.65. The van der Waals surface area contributed by atoms with Crippen molar-refractivity contribution >= 4 is 21.8 Å². The number of anilines is 1. The van der Waals surface area contributed by atoms with Crippen molar-refractivity contribution in [3.05, 3.63) is 54.1 Å². The third-order valence-electron chi connectivity index (χ3n) is 2.57. The lowest BCUT2D eigenvalue weighted by Gasteiger charge is -2.40. The zero-order chi connectivity index (χ0) is 16.7. The van der Waals surface area contributed by atoms with E-state index in [-0.39, 0.29) is 23.4 Å². The summed E-state index contributed by atoms with van der Waals surface area (Å²) in [6.45, 7) is 0. The number of carbonyl (C=O) groups is 1. The van der Waals surface area contributed by atoms with Gasteiger partial charge in [-0.2, -0.15) is 0 Å². The van der Waals surface area contributed by atoms with Crippen molar-refractivity contribution in [2.24, 2.45) is 0 Å². The minimum atomic E-state index is -9.76. The van der Waals surface area contributed by atoms with Crippen molar-refractivity contribution in [3.63, 3.8) is 0 Å². The smallest absolute Gasteiger partial charge is 0.310 e. The van der Waals surface area contributed by atoms with Gasteiger partial charge in [0.2, 0.25) is 0 Å². The fourth-order valence-corrected chi connectivity index (χ4v) is 2.20. The Morgan fingerprint density at radius 2 is 1.59 bits per heavy atom. The van der Waals surface area contributed by atoms with Gasteiger partial charge in [-0.15, -0.1) is 0 Å². The van der Waals surface area contributed by atoms with Crippen molar-refractivity contribution in [1.29, 1.82) is 0 Å². The van der Waals surface area contributed by atoms with Gasteiger partial charge in [-0.05, 0) is 30.3 Å². The molecule has 2 rings (SSSR count). The molecule has 0 aliphatic rings. The number of aromatic nitrogens is 1. The average Bonchev–Trinajstić information content (AvgIpc) is 2.37. The third kappa shape index (κ3) is 3.70. The van der Waals surface area contributed by atoms with Crippen LogP contribution in [0, 0.1) is 5.82 Å². The Hall–Kier alpha value is -2.23. The Balaban J connectivity index is 2.23. The summed E-state index contributed by atoms with van der Waals surface area (Å²) in [5, 5.41) is 2.10. The summed E-state index contributed by atoms with van der Waals surface area (Å²) in [6, 6.07) is 2.68. The van der Waals surface area contributed by atoms with E-state index in [2.05, 4.69) is 10.3 Å². The lowest BCUT2D eigenvalue weighted by Crippen LogP contribution is -2.14. The Bertz CT molecular complexity index is 730. The van der Waals surface area contributed by atoms with E-state index in [1.165, 1.54) is 0 Å². The molecule has 3 nitrogen and oxygen atoms in total. The molecule has 1 aromatic heterocycles. The van der Waals surface area contributed by atoms with Gasteiger partial charge in [0, 0.05) is 11.9 Å². The Morgan fingerprint density at radius 1 is 1.00 bits per heavy atom. The second kappa shape index (κ2) is 4.38. The van der Waals surface area contributed by atoms with Crippen LogP contribution < -0.4 is 5.32 Å². The molecule has 0 aliphatic heterocycles. The minimum absolute atomic E-state index is 0.153. The number of benzene rings is 1. The van der Waals surface area contributed by atoms with Gasteiger partial charge in [-0.1, -0.05) is 19.4 Å². The van der Waals surface area contributed by atoms with E-state index >= 15 is 0 Å². The van der Waals surface area contributed by atoms with Crippen LogP contribution in [0.1, 0.15) is 10.4 Å². The second-order valence-corrected chi connectivity index (χ2v) is 6.71. The molecule has 10 heteroatoms. The molecule has 0 unspecified atom stereocenters. The summed E-state index contributed by atoms with van der Waals surface area (Å²) < 4.78 is 75.9. The molecule has 120 valence electrons. The van der Waals surface area contributed by atoms with Crippen LogP contribution >= 0.6 is 10.2 Å². The highest BCUT2D eigenvalue weighted by Crippen LogP contribution is 3.02. The first-order valence-electron chi connectivity index (χ1n) is 5.62. The van der Waals surface area contributed by atoms with E-state index in [0.29, 0.717) is 12.1 Å². The van der Waals surface area contributed by atoms with Crippen LogP contribution in [-0.4, -0.2) is 10.9 Å². The maximum Gasteiger partial charge on any atom is 0.310 e. The van der Waals surface area contributed by atoms with Crippen molar-refractivity contribution in [1.82, 2.24) is 4.98 Å². The molecule has 1 N–H and O–H groups in total. The van der Waals surface area contributed by atoms with E-state index in [9.17, 15) is 28.6 Å². The van der Waals surface area contributed by atoms with Crippen molar-refractivity contribution < 1.29 is 28.6 Å². The Morgan fingerprint density at radius 3 is 2.09 bits per heavy atom. The number of hydrogen-bond donors (Lipinski definition) is 1. The van der Waals surface area contributed by atoms with Crippen LogP contribution in [0.4, 0.5) is 29.5 Å². The molecule has 0 fully saturated rings. The van der Waals surface area contributed by atoms with Crippen LogP contribution in [0.25, 0.3) is 0 Å². The zero-order valence-electron chi connectivity index (χ0n) is 10.6. The molecule has 0 spiro atoms. The molecular formula is C12H8F6N2OS. The number of rotatable bonds is 3. The largest absolute Gasteiger partial charge is 0.322 e. The SMILES string of the molecule is O=C(Nc1ccc(S(F)(F)(F)(F)F)cc1)c1ccncc1F. The number of nitrogens with one attached hydrogen (secondary N) is 1. The number of amides is 1. The highest BCUT2D eigenvalue weighted by molar-refractivity contribution is 8.45. The molecule has 0 saturated carbocycles. The van der Waals surface area contributed by atoms with Crippen molar-refractivity contribution in [3.8, 4) is 0 Å². The average molecular weight is 342 g/mol. The van der Waals surface area contributed by atoms with Crippen LogP contribution in [-0.2, 0) is 0 Å². The number of carbonyl (C=O) groups excluding carboxylic acids is 1. The first-order chi connectivity index (χ1) is 9.86. The van der Waals surface area contributed by atoms with Gasteiger partial charge >= 0.3 is 10.2 Å². The molecule has 1 amide bonds. The standard InChI is InChI=1S/C12H8F6N2OS/c13-11-7-19-6-5-10(11)12(21)20-8-1-3-9(4-2-8)22(14,15,16,17)18/h1-7H,(H,20,21). The molecule has 0 radical (unpaired) electrons. The fourth-order valence-electron chi connectivity index (χ4n) is 1.55. The molecule has 1 aromatic carbocycles. The summed E-state index contributed by atoms with van der Waals surface area (Å²) in [5.41, 5.74) is -0.571. The molecule has 0 atom stereocenters. The van der Waals surface area contributed by atoms with Gasteiger partial charge in [0.15, 0.2) is 5.82 Å². The van der Waals surface area contributed by atoms with Crippen LogP contribution in [0.15, 0.2) is 47.6 Å². The fraction of sp³-hybridized carbons (Fsp3) is 0. The Kier molecular flexibility index (Phi) is 3.22. The second-order valence-electron chi connectivity index (χ2n) is 4.30. The lowest BCUT2D eigenvalue weighted by atomic mass is 10.2. The summed E-state index contributed by atoms with van der Waals surface area (Å²) in [4.78, 5) is 13.1. The molecule has 2 aromatic rings. The first-order valence-corrected chi connectivity index (χ1v) is 7.57. The zero-order valence-corrected chi connectivity index (χ0v) is 11.4. The highest BCUT2D eigenvalue weighted by atomic mass is 32.5. The number of pyridine rings is 1. The van der Waals surface area contributed by atoms with Gasteiger partial charge in [0.1, 0.15) is 4.90 Å². The van der Waals surface area contributed by atoms with E-state index in [1.54, 1.807) is 0 Å². The number of halogens is 6. The summed E-state index contributed by atoms with van der Waals surface area (Å²) >= 11 is 0. The third-order valence-corrected chi connectivity index (χ3v) is 3.74. The van der Waals surface area contributed by atoms with Gasteiger partial charge < -0.3 is 5.32 Å². The monoisotopic (exact) mass is 342 g/mol. The molecule has 0 saturated heterocycles. The Labute approximate surface area is 120 Å². The summed E-state index contributed by atoms with van der Waals surface area (Å²) in [6.07, 6.45) is 1.93. The van der Waals surface area contributed by atoms with E-state index in [1.807, 2.05) is 0 Å². The van der Waals surface area contributed by atoms with E-state index < -0.39 is 26.8 Å². The summed E-state index contributed by atoms with van der Waals surface area (Å²) in [5.74, 6) is -1.87. The first kappa shape index (κ1) is 16.1. The van der Waals surface area contributed by atoms with Gasteiger partial charge in [0.05, 0.1) is 11.8 Å². The molecule has 1 heterocycles. The van der Waals surface area contributed by atoms with Crippen LogP contribution in [0.3, 0.4) is 0 Å². The van der Waals surface area contributed by atoms with Crippen molar-refractivity contribution in [2.45, 2.75) is 4.90 Å². The predicted molar refractivity (Wildman–Crippen MR) is 70.0 cm³/mol. The lowest BCUT2D eigenvalue weighted by molar-refractivity contribution is 0.102. The molecule has 0 bridgehead atoms. The van der Waals surface area contributed by atoms with E-state index in [0.717, 1.165) is 18.5 Å². The normalized spacial score (nSPS) is 14.8. The molecule has 0 aliphatic carbocycles. The quantitative estimate of drug-likeness (QED) is 0.786.